The largest absolute Gasteiger partial charge is 0.462 e. The molecule has 0 aromatic carbocycles. The molecule has 1 aliphatic heterocycles. The Morgan fingerprint density at radius 1 is 1.16 bits per heavy atom. The van der Waals surface area contributed by atoms with Crippen LogP contribution in [0.15, 0.2) is 23.8 Å². The van der Waals surface area contributed by atoms with E-state index in [0.717, 1.165) is 25.7 Å². The molecule has 2 aliphatic carbocycles. The van der Waals surface area contributed by atoms with E-state index >= 15 is 0 Å². The molecular formula is C26H44O4Si. The van der Waals surface area contributed by atoms with Crippen LogP contribution in [-0.2, 0) is 18.7 Å². The minimum Gasteiger partial charge on any atom is -0.462 e. The molecule has 1 fully saturated rings. The van der Waals surface area contributed by atoms with Crippen LogP contribution in [0.1, 0.15) is 66.7 Å². The van der Waals surface area contributed by atoms with Gasteiger partial charge in [-0.25, -0.2) is 0 Å². The van der Waals surface area contributed by atoms with Gasteiger partial charge in [-0.3, -0.25) is 4.79 Å². The molecule has 0 bridgehead atoms. The highest BCUT2D eigenvalue weighted by molar-refractivity contribution is 6.74. The minimum absolute atomic E-state index is 0.00599. The molecule has 31 heavy (non-hydrogen) atoms. The molecular weight excluding hydrogens is 404 g/mol. The summed E-state index contributed by atoms with van der Waals surface area (Å²) in [7, 11) is -0.0492. The number of hydrogen-bond donors (Lipinski definition) is 0. The Balaban J connectivity index is 1.66. The topological polar surface area (TPSA) is 44.8 Å². The van der Waals surface area contributed by atoms with Crippen molar-refractivity contribution in [1.29, 1.82) is 0 Å². The van der Waals surface area contributed by atoms with Crippen LogP contribution in [0, 0.1) is 23.7 Å². The average Bonchev–Trinajstić information content (AvgIpc) is 2.65. The molecule has 0 spiro atoms. The molecule has 3 aliphatic rings. The normalized spacial score (nSPS) is 36.6. The van der Waals surface area contributed by atoms with Gasteiger partial charge in [0.25, 0.3) is 0 Å². The van der Waals surface area contributed by atoms with Crippen molar-refractivity contribution < 1.29 is 18.7 Å². The van der Waals surface area contributed by atoms with E-state index in [-0.39, 0.29) is 29.3 Å². The van der Waals surface area contributed by atoms with Crippen molar-refractivity contribution in [3.05, 3.63) is 23.8 Å². The zero-order valence-corrected chi connectivity index (χ0v) is 21.9. The molecule has 0 N–H and O–H groups in total. The van der Waals surface area contributed by atoms with Gasteiger partial charge in [0, 0.05) is 19.4 Å². The van der Waals surface area contributed by atoms with Crippen molar-refractivity contribution in [3.8, 4) is 0 Å². The first-order valence-corrected chi connectivity index (χ1v) is 15.1. The molecule has 176 valence electrons. The summed E-state index contributed by atoms with van der Waals surface area (Å²) in [5.74, 6) is 1.93. The van der Waals surface area contributed by atoms with Crippen LogP contribution in [-0.4, -0.2) is 39.7 Å². The third-order valence-corrected chi connectivity index (χ3v) is 12.7. The van der Waals surface area contributed by atoms with E-state index in [2.05, 4.69) is 65.9 Å². The van der Waals surface area contributed by atoms with Gasteiger partial charge in [-0.15, -0.1) is 0 Å². The second kappa shape index (κ2) is 9.52. The van der Waals surface area contributed by atoms with Gasteiger partial charge in [-0.05, 0) is 60.7 Å². The fourth-order valence-corrected chi connectivity index (χ4v) is 6.79. The highest BCUT2D eigenvalue weighted by Crippen LogP contribution is 2.45. The Morgan fingerprint density at radius 2 is 1.87 bits per heavy atom. The lowest BCUT2D eigenvalue weighted by molar-refractivity contribution is -0.160. The van der Waals surface area contributed by atoms with Crippen molar-refractivity contribution in [1.82, 2.24) is 0 Å². The van der Waals surface area contributed by atoms with E-state index in [1.165, 1.54) is 5.57 Å². The minimum atomic E-state index is -1.90. The molecule has 0 saturated carbocycles. The Morgan fingerprint density at radius 3 is 2.52 bits per heavy atom. The molecule has 5 heteroatoms. The van der Waals surface area contributed by atoms with E-state index in [1.807, 2.05) is 7.11 Å². The van der Waals surface area contributed by atoms with Gasteiger partial charge >= 0.3 is 5.97 Å². The number of esters is 1. The molecule has 1 heterocycles. The predicted octanol–water partition coefficient (Wildman–Crippen LogP) is 6.28. The summed E-state index contributed by atoms with van der Waals surface area (Å²) in [5.41, 5.74) is 1.44. The van der Waals surface area contributed by atoms with E-state index in [4.69, 9.17) is 13.9 Å². The molecule has 0 aromatic heterocycles. The highest BCUT2D eigenvalue weighted by atomic mass is 28.4. The van der Waals surface area contributed by atoms with Gasteiger partial charge in [0.1, 0.15) is 6.10 Å². The number of cyclic esters (lactones) is 1. The fraction of sp³-hybridized carbons (Fsp3) is 0.808. The Labute approximate surface area is 190 Å². The summed E-state index contributed by atoms with van der Waals surface area (Å²) in [4.78, 5) is 12.4. The molecule has 0 amide bonds. The van der Waals surface area contributed by atoms with Crippen molar-refractivity contribution >= 4 is 14.3 Å². The number of carbonyl (C=O) groups is 1. The Bertz CT molecular complexity index is 705. The van der Waals surface area contributed by atoms with Crippen LogP contribution in [0.4, 0.5) is 0 Å². The van der Waals surface area contributed by atoms with Gasteiger partial charge in [-0.2, -0.15) is 0 Å². The second-order valence-corrected chi connectivity index (χ2v) is 16.4. The summed E-state index contributed by atoms with van der Waals surface area (Å²) in [6.07, 6.45) is 11.6. The summed E-state index contributed by atoms with van der Waals surface area (Å²) < 4.78 is 18.3. The molecule has 1 saturated heterocycles. The predicted molar refractivity (Wildman–Crippen MR) is 128 cm³/mol. The van der Waals surface area contributed by atoms with E-state index in [1.54, 1.807) is 0 Å². The van der Waals surface area contributed by atoms with E-state index in [9.17, 15) is 4.79 Å². The number of fused-ring (bicyclic) bond motifs is 1. The number of methoxy groups -OCH3 is 1. The highest BCUT2D eigenvalue weighted by Gasteiger charge is 2.43. The molecule has 0 aromatic rings. The summed E-state index contributed by atoms with van der Waals surface area (Å²) in [6.45, 7) is 15.9. The van der Waals surface area contributed by atoms with Crippen molar-refractivity contribution in [3.63, 3.8) is 0 Å². The summed E-state index contributed by atoms with van der Waals surface area (Å²) >= 11 is 0. The Hall–Kier alpha value is -0.913. The summed E-state index contributed by atoms with van der Waals surface area (Å²) in [5, 5.41) is 0.143. The number of allylic oxidation sites excluding steroid dienone is 3. The van der Waals surface area contributed by atoms with Gasteiger partial charge in [0.2, 0.25) is 0 Å². The average molecular weight is 449 g/mol. The van der Waals surface area contributed by atoms with Crippen LogP contribution in [0.5, 0.6) is 0 Å². The lowest BCUT2D eigenvalue weighted by atomic mass is 9.65. The van der Waals surface area contributed by atoms with Crippen LogP contribution in [0.2, 0.25) is 18.1 Å². The summed E-state index contributed by atoms with van der Waals surface area (Å²) in [6, 6.07) is 0. The molecule has 0 radical (unpaired) electrons. The number of hydrogen-bond acceptors (Lipinski definition) is 4. The lowest BCUT2D eigenvalue weighted by Gasteiger charge is -2.44. The van der Waals surface area contributed by atoms with E-state index < -0.39 is 8.32 Å². The molecule has 7 atom stereocenters. The fourth-order valence-electron chi connectivity index (χ4n) is 5.43. The maximum absolute atomic E-state index is 12.4. The smallest absolute Gasteiger partial charge is 0.308 e. The first-order chi connectivity index (χ1) is 14.4. The SMILES string of the molecule is CO[C@H]1C[C@@H](C)C=C2C=C[C@H](C)[C@H](CC[C@@H]3C[C@@H](O[Si](C)(C)C(C)(C)C)CC(=O)O3)[C@H]21. The number of carbonyl (C=O) groups excluding carboxylic acids is 1. The van der Waals surface area contributed by atoms with Crippen LogP contribution >= 0.6 is 0 Å². The maximum atomic E-state index is 12.4. The Kier molecular flexibility index (Phi) is 7.60. The van der Waals surface area contributed by atoms with Crippen LogP contribution in [0.3, 0.4) is 0 Å². The third kappa shape index (κ3) is 5.72. The van der Waals surface area contributed by atoms with Gasteiger partial charge in [-0.1, -0.05) is 52.8 Å². The van der Waals surface area contributed by atoms with Crippen molar-refractivity contribution in [2.75, 3.05) is 7.11 Å². The third-order valence-electron chi connectivity index (χ3n) is 8.21. The van der Waals surface area contributed by atoms with Gasteiger partial charge < -0.3 is 13.9 Å². The first kappa shape index (κ1) is 24.7. The molecule has 0 unspecified atom stereocenters. The monoisotopic (exact) mass is 448 g/mol. The quantitative estimate of drug-likeness (QED) is 0.354. The van der Waals surface area contributed by atoms with Gasteiger partial charge in [0.15, 0.2) is 8.32 Å². The van der Waals surface area contributed by atoms with Crippen molar-refractivity contribution in [2.24, 2.45) is 23.7 Å². The maximum Gasteiger partial charge on any atom is 0.308 e. The zero-order chi connectivity index (χ0) is 23.0. The van der Waals surface area contributed by atoms with Crippen molar-refractivity contribution in [2.45, 2.75) is 103 Å². The number of rotatable bonds is 6. The van der Waals surface area contributed by atoms with Crippen LogP contribution < -0.4 is 0 Å². The first-order valence-electron chi connectivity index (χ1n) is 12.2. The lowest BCUT2D eigenvalue weighted by Crippen LogP contribution is -2.47. The van der Waals surface area contributed by atoms with Gasteiger partial charge in [0.05, 0.1) is 18.6 Å². The van der Waals surface area contributed by atoms with Crippen LogP contribution in [0.25, 0.3) is 0 Å². The second-order valence-electron chi connectivity index (χ2n) is 11.7. The zero-order valence-electron chi connectivity index (χ0n) is 20.9. The van der Waals surface area contributed by atoms with E-state index in [0.29, 0.717) is 30.1 Å². The standard InChI is InChI=1S/C26H44O4Si/c1-17-13-19-10-9-18(2)22(25(19)23(14-17)28-6)12-11-20-15-21(16-24(27)29-20)30-31(7,8)26(3,4)5/h9-10,13,17-18,20-23,25H,11-12,14-16H2,1-8H3/t17-,18-,20+,21+,22-,23-,25-/m0/s1. The molecule has 4 nitrogen and oxygen atoms in total. The molecule has 3 rings (SSSR count). The number of ether oxygens (including phenoxy) is 2.